The Labute approximate surface area is 112 Å². The first-order chi connectivity index (χ1) is 9.15. The number of nitrogens with zero attached hydrogens (tertiary/aromatic N) is 1. The third-order valence-corrected chi connectivity index (χ3v) is 2.87. The normalized spacial score (nSPS) is 10.4. The quantitative estimate of drug-likeness (QED) is 0.866. The van der Waals surface area contributed by atoms with E-state index in [1.165, 1.54) is 5.56 Å². The molecule has 0 radical (unpaired) electrons. The molecule has 0 fully saturated rings. The lowest BCUT2D eigenvalue weighted by molar-refractivity contribution is -0.137. The van der Waals surface area contributed by atoms with Crippen molar-refractivity contribution in [3.05, 3.63) is 53.8 Å². The molecule has 0 saturated carbocycles. The number of rotatable bonds is 6. The van der Waals surface area contributed by atoms with E-state index in [0.717, 1.165) is 12.4 Å². The number of aryl methyl sites for hydroxylation is 1. The van der Waals surface area contributed by atoms with Crippen molar-refractivity contribution in [3.8, 4) is 0 Å². The Kier molecular flexibility index (Phi) is 4.23. The predicted molar refractivity (Wildman–Crippen MR) is 73.2 cm³/mol. The molecule has 0 bridgehead atoms. The summed E-state index contributed by atoms with van der Waals surface area (Å²) in [5, 5.41) is 8.63. The van der Waals surface area contributed by atoms with Crippen LogP contribution >= 0.6 is 0 Å². The van der Waals surface area contributed by atoms with Gasteiger partial charge in [0.1, 0.15) is 5.76 Å². The van der Waals surface area contributed by atoms with Gasteiger partial charge < -0.3 is 14.4 Å². The van der Waals surface area contributed by atoms with Crippen molar-refractivity contribution in [2.45, 2.75) is 19.4 Å². The van der Waals surface area contributed by atoms with Gasteiger partial charge in [-0.05, 0) is 11.6 Å². The SMILES string of the molecule is CN(Cc1ccccc1)c1ccc(CCC(=O)O)o1. The summed E-state index contributed by atoms with van der Waals surface area (Å²) in [6.07, 6.45) is 0.518. The molecule has 0 unspecified atom stereocenters. The minimum atomic E-state index is -0.810. The Bertz CT molecular complexity index is 533. The van der Waals surface area contributed by atoms with E-state index in [-0.39, 0.29) is 6.42 Å². The van der Waals surface area contributed by atoms with E-state index in [2.05, 4.69) is 12.1 Å². The van der Waals surface area contributed by atoms with E-state index >= 15 is 0 Å². The lowest BCUT2D eigenvalue weighted by Crippen LogP contribution is -2.15. The lowest BCUT2D eigenvalue weighted by Gasteiger charge is -2.15. The molecule has 0 aliphatic carbocycles. The summed E-state index contributed by atoms with van der Waals surface area (Å²) < 4.78 is 5.63. The zero-order chi connectivity index (χ0) is 13.7. The van der Waals surface area contributed by atoms with Crippen LogP contribution in [0.1, 0.15) is 17.7 Å². The number of carbonyl (C=O) groups is 1. The number of hydrogen-bond donors (Lipinski definition) is 1. The topological polar surface area (TPSA) is 53.7 Å². The number of benzene rings is 1. The van der Waals surface area contributed by atoms with Crippen molar-refractivity contribution in [1.82, 2.24) is 0 Å². The second-order valence-corrected chi connectivity index (χ2v) is 4.48. The minimum Gasteiger partial charge on any atom is -0.481 e. The monoisotopic (exact) mass is 259 g/mol. The highest BCUT2D eigenvalue weighted by Gasteiger charge is 2.08. The molecule has 1 aromatic carbocycles. The standard InChI is InChI=1S/C15H17NO3/c1-16(11-12-5-3-2-4-6-12)14-9-7-13(19-14)8-10-15(17)18/h2-7,9H,8,10-11H2,1H3,(H,17,18). The van der Waals surface area contributed by atoms with Crippen LogP contribution < -0.4 is 4.90 Å². The highest BCUT2D eigenvalue weighted by molar-refractivity contribution is 5.66. The molecular weight excluding hydrogens is 242 g/mol. The number of aliphatic carboxylic acids is 1. The Hall–Kier alpha value is -2.23. The van der Waals surface area contributed by atoms with Gasteiger partial charge in [-0.2, -0.15) is 0 Å². The third-order valence-electron chi connectivity index (χ3n) is 2.87. The zero-order valence-electron chi connectivity index (χ0n) is 10.9. The van der Waals surface area contributed by atoms with Crippen LogP contribution in [0.15, 0.2) is 46.9 Å². The van der Waals surface area contributed by atoms with Crippen LogP contribution in [0.2, 0.25) is 0 Å². The summed E-state index contributed by atoms with van der Waals surface area (Å²) in [5.74, 6) is 0.650. The van der Waals surface area contributed by atoms with Gasteiger partial charge in [0.15, 0.2) is 5.88 Å². The molecule has 0 atom stereocenters. The van der Waals surface area contributed by atoms with Crippen molar-refractivity contribution in [1.29, 1.82) is 0 Å². The van der Waals surface area contributed by atoms with E-state index in [4.69, 9.17) is 9.52 Å². The largest absolute Gasteiger partial charge is 0.481 e. The average molecular weight is 259 g/mol. The predicted octanol–water partition coefficient (Wildman–Crippen LogP) is 2.93. The number of carboxylic acids is 1. The first-order valence-corrected chi connectivity index (χ1v) is 6.21. The van der Waals surface area contributed by atoms with Crippen LogP contribution in [0.3, 0.4) is 0 Å². The van der Waals surface area contributed by atoms with Crippen LogP contribution in [-0.2, 0) is 17.8 Å². The summed E-state index contributed by atoms with van der Waals surface area (Å²) in [6, 6.07) is 13.8. The van der Waals surface area contributed by atoms with Crippen LogP contribution in [0, 0.1) is 0 Å². The van der Waals surface area contributed by atoms with E-state index in [1.807, 2.05) is 42.3 Å². The minimum absolute atomic E-state index is 0.0926. The highest BCUT2D eigenvalue weighted by Crippen LogP contribution is 2.20. The van der Waals surface area contributed by atoms with Crippen molar-refractivity contribution in [2.75, 3.05) is 11.9 Å². The summed E-state index contributed by atoms with van der Waals surface area (Å²) in [7, 11) is 1.95. The van der Waals surface area contributed by atoms with Gasteiger partial charge in [0.25, 0.3) is 0 Å². The molecule has 19 heavy (non-hydrogen) atoms. The number of anilines is 1. The summed E-state index contributed by atoms with van der Waals surface area (Å²) in [6.45, 7) is 0.757. The van der Waals surface area contributed by atoms with Gasteiger partial charge in [0.05, 0.1) is 6.42 Å². The molecule has 1 N–H and O–H groups in total. The maximum absolute atomic E-state index is 10.5. The Morgan fingerprint density at radius 1 is 1.21 bits per heavy atom. The molecule has 1 aromatic heterocycles. The fourth-order valence-electron chi connectivity index (χ4n) is 1.87. The van der Waals surface area contributed by atoms with Crippen LogP contribution in [-0.4, -0.2) is 18.1 Å². The molecule has 0 saturated heterocycles. The van der Waals surface area contributed by atoms with Gasteiger partial charge in [-0.1, -0.05) is 30.3 Å². The van der Waals surface area contributed by atoms with E-state index in [0.29, 0.717) is 12.2 Å². The van der Waals surface area contributed by atoms with Crippen LogP contribution in [0.5, 0.6) is 0 Å². The van der Waals surface area contributed by atoms with Crippen LogP contribution in [0.4, 0.5) is 5.88 Å². The smallest absolute Gasteiger partial charge is 0.303 e. The summed E-state index contributed by atoms with van der Waals surface area (Å²) in [4.78, 5) is 12.5. The first-order valence-electron chi connectivity index (χ1n) is 6.21. The maximum atomic E-state index is 10.5. The van der Waals surface area contributed by atoms with Gasteiger partial charge in [-0.3, -0.25) is 4.79 Å². The molecule has 1 heterocycles. The fraction of sp³-hybridized carbons (Fsp3) is 0.267. The average Bonchev–Trinajstić information content (AvgIpc) is 2.86. The van der Waals surface area contributed by atoms with E-state index in [9.17, 15) is 4.79 Å². The Morgan fingerprint density at radius 3 is 2.63 bits per heavy atom. The van der Waals surface area contributed by atoms with Gasteiger partial charge >= 0.3 is 5.97 Å². The van der Waals surface area contributed by atoms with Crippen LogP contribution in [0.25, 0.3) is 0 Å². The zero-order valence-corrected chi connectivity index (χ0v) is 10.9. The second kappa shape index (κ2) is 6.09. The molecule has 2 rings (SSSR count). The maximum Gasteiger partial charge on any atom is 0.303 e. The summed E-state index contributed by atoms with van der Waals surface area (Å²) >= 11 is 0. The lowest BCUT2D eigenvalue weighted by atomic mass is 10.2. The number of furan rings is 1. The first kappa shape index (κ1) is 13.2. The fourth-order valence-corrected chi connectivity index (χ4v) is 1.87. The molecule has 0 aliphatic rings. The number of hydrogen-bond acceptors (Lipinski definition) is 3. The Balaban J connectivity index is 1.96. The molecule has 4 nitrogen and oxygen atoms in total. The molecule has 4 heteroatoms. The number of carboxylic acid groups (broad SMARTS) is 1. The van der Waals surface area contributed by atoms with Gasteiger partial charge in [0, 0.05) is 26.1 Å². The van der Waals surface area contributed by atoms with Crippen molar-refractivity contribution in [3.63, 3.8) is 0 Å². The third kappa shape index (κ3) is 3.88. The van der Waals surface area contributed by atoms with E-state index < -0.39 is 5.97 Å². The molecule has 100 valence electrons. The molecule has 0 aliphatic heterocycles. The van der Waals surface area contributed by atoms with Crippen molar-refractivity contribution in [2.24, 2.45) is 0 Å². The second-order valence-electron chi connectivity index (χ2n) is 4.48. The van der Waals surface area contributed by atoms with Gasteiger partial charge in [-0.25, -0.2) is 0 Å². The summed E-state index contributed by atoms with van der Waals surface area (Å²) in [5.41, 5.74) is 1.20. The van der Waals surface area contributed by atoms with Crippen molar-refractivity contribution >= 4 is 11.9 Å². The van der Waals surface area contributed by atoms with Crippen molar-refractivity contribution < 1.29 is 14.3 Å². The van der Waals surface area contributed by atoms with E-state index in [1.54, 1.807) is 0 Å². The molecule has 0 amide bonds. The molecular formula is C15H17NO3. The highest BCUT2D eigenvalue weighted by atomic mass is 16.4. The Morgan fingerprint density at radius 2 is 1.95 bits per heavy atom. The molecule has 0 spiro atoms. The van der Waals surface area contributed by atoms with Gasteiger partial charge in [0.2, 0.25) is 0 Å². The molecule has 2 aromatic rings. The van der Waals surface area contributed by atoms with Gasteiger partial charge in [-0.15, -0.1) is 0 Å².